The van der Waals surface area contributed by atoms with Gasteiger partial charge >= 0.3 is 12.0 Å². The lowest BCUT2D eigenvalue weighted by Gasteiger charge is -2.15. The molecular formula is C16H17ClFN3O5. The highest BCUT2D eigenvalue weighted by Gasteiger charge is 2.28. The summed E-state index contributed by atoms with van der Waals surface area (Å²) in [6.07, 6.45) is -1.02. The Morgan fingerprint density at radius 3 is 2.77 bits per heavy atom. The molecule has 26 heavy (non-hydrogen) atoms. The minimum absolute atomic E-state index is 0.0538. The fourth-order valence-electron chi connectivity index (χ4n) is 2.20. The zero-order valence-electron chi connectivity index (χ0n) is 13.9. The topological polar surface area (TPSA) is 105 Å². The van der Waals surface area contributed by atoms with E-state index in [0.717, 1.165) is 11.0 Å². The number of carbonyl (C=O) groups excluding carboxylic acids is 4. The number of anilines is 1. The van der Waals surface area contributed by atoms with Crippen molar-refractivity contribution in [3.63, 3.8) is 0 Å². The van der Waals surface area contributed by atoms with Gasteiger partial charge in [0.05, 0.1) is 12.2 Å². The summed E-state index contributed by atoms with van der Waals surface area (Å²) in [4.78, 5) is 47.4. The standard InChI is InChI=1S/C16H17ClFN3O5/c1-9(15(24)20-12-5-4-10(17)7-11(12)18)26-14(23)3-2-6-21-13(22)8-19-16(21)25/h4-5,7,9H,2-3,6,8H2,1H3,(H,19,25)(H,20,24)/t9-/m0/s1. The molecule has 1 aromatic rings. The zero-order valence-corrected chi connectivity index (χ0v) is 14.6. The Bertz CT molecular complexity index is 727. The van der Waals surface area contributed by atoms with E-state index in [4.69, 9.17) is 16.3 Å². The molecule has 1 saturated heterocycles. The predicted molar refractivity (Wildman–Crippen MR) is 89.9 cm³/mol. The Morgan fingerprint density at radius 1 is 1.42 bits per heavy atom. The van der Waals surface area contributed by atoms with Gasteiger partial charge in [0, 0.05) is 18.0 Å². The predicted octanol–water partition coefficient (Wildman–Crippen LogP) is 1.68. The molecule has 2 rings (SSSR count). The second kappa shape index (κ2) is 8.61. The second-order valence-corrected chi connectivity index (χ2v) is 5.99. The van der Waals surface area contributed by atoms with Gasteiger partial charge in [-0.05, 0) is 31.5 Å². The number of imide groups is 1. The molecule has 8 nitrogen and oxygen atoms in total. The molecule has 0 unspecified atom stereocenters. The fraction of sp³-hybridized carbons (Fsp3) is 0.375. The average molecular weight is 386 g/mol. The van der Waals surface area contributed by atoms with Crippen molar-refractivity contribution in [3.05, 3.63) is 29.0 Å². The lowest BCUT2D eigenvalue weighted by Crippen LogP contribution is -2.33. The van der Waals surface area contributed by atoms with E-state index in [1.807, 2.05) is 0 Å². The Hall–Kier alpha value is -2.68. The molecule has 1 fully saturated rings. The van der Waals surface area contributed by atoms with Gasteiger partial charge in [-0.3, -0.25) is 19.3 Å². The van der Waals surface area contributed by atoms with Gasteiger partial charge in [-0.15, -0.1) is 0 Å². The van der Waals surface area contributed by atoms with Gasteiger partial charge in [-0.25, -0.2) is 9.18 Å². The number of carbonyl (C=O) groups is 4. The van der Waals surface area contributed by atoms with Crippen LogP contribution in [0, 0.1) is 5.82 Å². The van der Waals surface area contributed by atoms with E-state index >= 15 is 0 Å². The number of nitrogens with zero attached hydrogens (tertiary/aromatic N) is 1. The number of rotatable bonds is 7. The van der Waals surface area contributed by atoms with Crippen LogP contribution in [0.1, 0.15) is 19.8 Å². The molecule has 10 heteroatoms. The molecule has 1 aliphatic rings. The summed E-state index contributed by atoms with van der Waals surface area (Å²) in [5.41, 5.74) is -0.0825. The number of urea groups is 1. The Balaban J connectivity index is 1.76. The number of benzene rings is 1. The number of amides is 4. The highest BCUT2D eigenvalue weighted by atomic mass is 35.5. The van der Waals surface area contributed by atoms with E-state index in [1.165, 1.54) is 19.1 Å². The molecule has 1 aromatic carbocycles. The van der Waals surface area contributed by atoms with Crippen molar-refractivity contribution in [2.24, 2.45) is 0 Å². The second-order valence-electron chi connectivity index (χ2n) is 5.55. The minimum atomic E-state index is -1.14. The van der Waals surface area contributed by atoms with Crippen molar-refractivity contribution in [3.8, 4) is 0 Å². The molecule has 0 aromatic heterocycles. The number of halogens is 2. The Labute approximate surface area is 153 Å². The SMILES string of the molecule is C[C@H](OC(=O)CCCN1C(=O)CNC1=O)C(=O)Nc1ccc(Cl)cc1F. The number of ether oxygens (including phenoxy) is 1. The van der Waals surface area contributed by atoms with Crippen molar-refractivity contribution < 1.29 is 28.3 Å². The van der Waals surface area contributed by atoms with Crippen LogP contribution in [-0.2, 0) is 19.1 Å². The molecule has 4 amide bonds. The van der Waals surface area contributed by atoms with Crippen molar-refractivity contribution >= 4 is 41.1 Å². The van der Waals surface area contributed by atoms with Gasteiger partial charge in [-0.1, -0.05) is 11.6 Å². The van der Waals surface area contributed by atoms with E-state index < -0.39 is 29.8 Å². The quantitative estimate of drug-likeness (QED) is 0.549. The van der Waals surface area contributed by atoms with Crippen molar-refractivity contribution in [1.82, 2.24) is 10.2 Å². The van der Waals surface area contributed by atoms with E-state index in [1.54, 1.807) is 0 Å². The molecule has 0 aliphatic carbocycles. The van der Waals surface area contributed by atoms with Crippen LogP contribution in [0.2, 0.25) is 5.02 Å². The summed E-state index contributed by atoms with van der Waals surface area (Å²) in [5, 5.41) is 4.85. The number of nitrogens with one attached hydrogen (secondary N) is 2. The first-order valence-corrected chi connectivity index (χ1v) is 8.19. The lowest BCUT2D eigenvalue weighted by atomic mass is 10.2. The monoisotopic (exact) mass is 385 g/mol. The smallest absolute Gasteiger partial charge is 0.324 e. The van der Waals surface area contributed by atoms with Crippen LogP contribution in [-0.4, -0.2) is 47.9 Å². The van der Waals surface area contributed by atoms with Gasteiger partial charge < -0.3 is 15.4 Å². The van der Waals surface area contributed by atoms with Gasteiger partial charge in [0.25, 0.3) is 5.91 Å². The van der Waals surface area contributed by atoms with Gasteiger partial charge in [0.2, 0.25) is 5.91 Å². The Morgan fingerprint density at radius 2 is 2.15 bits per heavy atom. The molecule has 1 heterocycles. The number of esters is 1. The van der Waals surface area contributed by atoms with Gasteiger partial charge in [-0.2, -0.15) is 0 Å². The molecule has 2 N–H and O–H groups in total. The van der Waals surface area contributed by atoms with Gasteiger partial charge in [0.15, 0.2) is 6.10 Å². The minimum Gasteiger partial charge on any atom is -0.453 e. The van der Waals surface area contributed by atoms with Crippen LogP contribution in [0.25, 0.3) is 0 Å². The summed E-state index contributed by atoms with van der Waals surface area (Å²) in [7, 11) is 0. The van der Waals surface area contributed by atoms with Crippen molar-refractivity contribution in [2.45, 2.75) is 25.9 Å². The number of hydrogen-bond acceptors (Lipinski definition) is 5. The van der Waals surface area contributed by atoms with Crippen molar-refractivity contribution in [1.29, 1.82) is 0 Å². The molecule has 0 bridgehead atoms. The highest BCUT2D eigenvalue weighted by Crippen LogP contribution is 2.19. The molecule has 0 radical (unpaired) electrons. The fourth-order valence-corrected chi connectivity index (χ4v) is 2.36. The van der Waals surface area contributed by atoms with Crippen molar-refractivity contribution in [2.75, 3.05) is 18.4 Å². The van der Waals surface area contributed by atoms with Crippen LogP contribution in [0.4, 0.5) is 14.9 Å². The van der Waals surface area contributed by atoms with E-state index in [-0.39, 0.29) is 42.5 Å². The zero-order chi connectivity index (χ0) is 19.3. The molecule has 0 spiro atoms. The summed E-state index contributed by atoms with van der Waals surface area (Å²) in [6, 6.07) is 3.25. The van der Waals surface area contributed by atoms with E-state index in [0.29, 0.717) is 0 Å². The first-order valence-electron chi connectivity index (χ1n) is 7.81. The van der Waals surface area contributed by atoms with Crippen LogP contribution in [0.3, 0.4) is 0 Å². The number of hydrogen-bond donors (Lipinski definition) is 2. The maximum Gasteiger partial charge on any atom is 0.324 e. The third-order valence-corrected chi connectivity index (χ3v) is 3.80. The van der Waals surface area contributed by atoms with E-state index in [9.17, 15) is 23.6 Å². The first-order chi connectivity index (χ1) is 12.3. The van der Waals surface area contributed by atoms with Crippen LogP contribution in [0.15, 0.2) is 18.2 Å². The Kier molecular flexibility index (Phi) is 6.51. The molecular weight excluding hydrogens is 369 g/mol. The normalized spacial score (nSPS) is 14.8. The maximum atomic E-state index is 13.6. The largest absolute Gasteiger partial charge is 0.453 e. The molecule has 1 aliphatic heterocycles. The van der Waals surface area contributed by atoms with E-state index in [2.05, 4.69) is 10.6 Å². The van der Waals surface area contributed by atoms with Crippen LogP contribution in [0.5, 0.6) is 0 Å². The third kappa shape index (κ3) is 5.16. The molecule has 0 saturated carbocycles. The average Bonchev–Trinajstić information content (AvgIpc) is 2.89. The van der Waals surface area contributed by atoms with Crippen LogP contribution >= 0.6 is 11.6 Å². The lowest BCUT2D eigenvalue weighted by molar-refractivity contribution is -0.153. The summed E-state index contributed by atoms with van der Waals surface area (Å²) >= 11 is 5.63. The molecule has 1 atom stereocenters. The summed E-state index contributed by atoms with van der Waals surface area (Å²) in [5.74, 6) is -2.44. The maximum absolute atomic E-state index is 13.6. The first kappa shape index (κ1) is 19.6. The van der Waals surface area contributed by atoms with Gasteiger partial charge in [0.1, 0.15) is 5.82 Å². The summed E-state index contributed by atoms with van der Waals surface area (Å²) in [6.45, 7) is 1.37. The third-order valence-electron chi connectivity index (χ3n) is 3.57. The molecule has 140 valence electrons. The van der Waals surface area contributed by atoms with Crippen LogP contribution < -0.4 is 10.6 Å². The summed E-state index contributed by atoms with van der Waals surface area (Å²) < 4.78 is 18.6. The highest BCUT2D eigenvalue weighted by molar-refractivity contribution is 6.30.